The molecule has 2 rings (SSSR count). The quantitative estimate of drug-likeness (QED) is 0.713. The topological polar surface area (TPSA) is 21.3 Å². The van der Waals surface area contributed by atoms with E-state index in [0.29, 0.717) is 12.1 Å². The SMILES string of the molecule is CCCNC(CC1CC2CCC1C2)C(CC)OC. The van der Waals surface area contributed by atoms with Gasteiger partial charge in [-0.2, -0.15) is 0 Å². The number of fused-ring (bicyclic) bond motifs is 2. The average Bonchev–Trinajstić information content (AvgIpc) is 2.99. The van der Waals surface area contributed by atoms with Crippen molar-refractivity contribution in [2.75, 3.05) is 13.7 Å². The molecule has 18 heavy (non-hydrogen) atoms. The lowest BCUT2D eigenvalue weighted by Crippen LogP contribution is -2.43. The molecule has 2 aliphatic carbocycles. The highest BCUT2D eigenvalue weighted by atomic mass is 16.5. The van der Waals surface area contributed by atoms with Crippen molar-refractivity contribution in [3.8, 4) is 0 Å². The van der Waals surface area contributed by atoms with E-state index in [4.69, 9.17) is 4.74 Å². The molecule has 1 N–H and O–H groups in total. The van der Waals surface area contributed by atoms with Crippen molar-refractivity contribution in [3.05, 3.63) is 0 Å². The highest BCUT2D eigenvalue weighted by molar-refractivity contribution is 4.93. The fourth-order valence-electron chi connectivity index (χ4n) is 4.30. The van der Waals surface area contributed by atoms with E-state index in [1.807, 2.05) is 7.11 Å². The smallest absolute Gasteiger partial charge is 0.0721 e. The molecular weight excluding hydrogens is 222 g/mol. The zero-order valence-electron chi connectivity index (χ0n) is 12.5. The molecule has 5 unspecified atom stereocenters. The summed E-state index contributed by atoms with van der Waals surface area (Å²) in [6.45, 7) is 5.62. The van der Waals surface area contributed by atoms with Gasteiger partial charge >= 0.3 is 0 Å². The molecule has 2 fully saturated rings. The van der Waals surface area contributed by atoms with Gasteiger partial charge in [0.1, 0.15) is 0 Å². The molecule has 2 bridgehead atoms. The summed E-state index contributed by atoms with van der Waals surface area (Å²) in [5.41, 5.74) is 0. The van der Waals surface area contributed by atoms with Gasteiger partial charge in [-0.15, -0.1) is 0 Å². The molecule has 0 radical (unpaired) electrons. The molecule has 0 amide bonds. The Balaban J connectivity index is 1.87. The minimum atomic E-state index is 0.399. The number of rotatable bonds is 8. The average molecular weight is 253 g/mol. The molecule has 0 heterocycles. The van der Waals surface area contributed by atoms with Gasteiger partial charge < -0.3 is 10.1 Å². The number of methoxy groups -OCH3 is 1. The summed E-state index contributed by atoms with van der Waals surface area (Å²) >= 11 is 0. The van der Waals surface area contributed by atoms with Crippen LogP contribution in [0.1, 0.15) is 58.8 Å². The summed E-state index contributed by atoms with van der Waals surface area (Å²) < 4.78 is 5.69. The molecule has 0 saturated heterocycles. The molecule has 2 heteroatoms. The highest BCUT2D eigenvalue weighted by Crippen LogP contribution is 2.50. The zero-order valence-corrected chi connectivity index (χ0v) is 12.5. The highest BCUT2D eigenvalue weighted by Gasteiger charge is 2.40. The van der Waals surface area contributed by atoms with Crippen LogP contribution in [0.3, 0.4) is 0 Å². The number of hydrogen-bond donors (Lipinski definition) is 1. The van der Waals surface area contributed by atoms with Crippen LogP contribution in [0.15, 0.2) is 0 Å². The standard InChI is InChI=1S/C16H31NO/c1-4-8-17-15(16(5-2)18-3)11-14-10-12-6-7-13(14)9-12/h12-17H,4-11H2,1-3H3. The van der Waals surface area contributed by atoms with Crippen molar-refractivity contribution in [3.63, 3.8) is 0 Å². The van der Waals surface area contributed by atoms with Gasteiger partial charge in [0.05, 0.1) is 6.10 Å². The molecule has 2 aliphatic rings. The van der Waals surface area contributed by atoms with Crippen molar-refractivity contribution in [1.29, 1.82) is 0 Å². The van der Waals surface area contributed by atoms with Crippen LogP contribution >= 0.6 is 0 Å². The molecular formula is C16H31NO. The Morgan fingerprint density at radius 2 is 2.06 bits per heavy atom. The lowest BCUT2D eigenvalue weighted by atomic mass is 9.83. The van der Waals surface area contributed by atoms with E-state index in [9.17, 15) is 0 Å². The Bertz CT molecular complexity index is 239. The van der Waals surface area contributed by atoms with E-state index in [-0.39, 0.29) is 0 Å². The van der Waals surface area contributed by atoms with Crippen LogP contribution < -0.4 is 5.32 Å². The third-order valence-electron chi connectivity index (χ3n) is 5.25. The molecule has 2 nitrogen and oxygen atoms in total. The van der Waals surface area contributed by atoms with Crippen molar-refractivity contribution in [2.24, 2.45) is 17.8 Å². The van der Waals surface area contributed by atoms with Gasteiger partial charge in [-0.3, -0.25) is 0 Å². The van der Waals surface area contributed by atoms with Gasteiger partial charge in [0.25, 0.3) is 0 Å². The van der Waals surface area contributed by atoms with E-state index < -0.39 is 0 Å². The summed E-state index contributed by atoms with van der Waals surface area (Å²) in [6.07, 6.45) is 10.1. The van der Waals surface area contributed by atoms with E-state index >= 15 is 0 Å². The molecule has 0 aromatic carbocycles. The fourth-order valence-corrected chi connectivity index (χ4v) is 4.30. The van der Waals surface area contributed by atoms with Gasteiger partial charge in [-0.25, -0.2) is 0 Å². The van der Waals surface area contributed by atoms with Crippen LogP contribution in [-0.2, 0) is 4.74 Å². The van der Waals surface area contributed by atoms with Crippen LogP contribution in [0.5, 0.6) is 0 Å². The summed E-state index contributed by atoms with van der Waals surface area (Å²) in [5, 5.41) is 3.73. The van der Waals surface area contributed by atoms with E-state index in [2.05, 4.69) is 19.2 Å². The molecule has 0 aromatic rings. The Morgan fingerprint density at radius 3 is 2.56 bits per heavy atom. The maximum absolute atomic E-state index is 5.69. The van der Waals surface area contributed by atoms with Gasteiger partial charge in [-0.1, -0.05) is 20.3 Å². The van der Waals surface area contributed by atoms with Crippen LogP contribution in [0, 0.1) is 17.8 Å². The zero-order chi connectivity index (χ0) is 13.0. The lowest BCUT2D eigenvalue weighted by Gasteiger charge is -2.31. The first-order valence-corrected chi connectivity index (χ1v) is 8.04. The maximum atomic E-state index is 5.69. The second-order valence-corrected chi connectivity index (χ2v) is 6.41. The number of ether oxygens (including phenoxy) is 1. The molecule has 0 spiro atoms. The second-order valence-electron chi connectivity index (χ2n) is 6.41. The fraction of sp³-hybridized carbons (Fsp3) is 1.00. The van der Waals surface area contributed by atoms with Crippen LogP contribution in [0.25, 0.3) is 0 Å². The van der Waals surface area contributed by atoms with Gasteiger partial charge in [-0.05, 0) is 62.8 Å². The van der Waals surface area contributed by atoms with Gasteiger partial charge in [0.2, 0.25) is 0 Å². The predicted molar refractivity (Wildman–Crippen MR) is 76.7 cm³/mol. The van der Waals surface area contributed by atoms with E-state index in [1.54, 1.807) is 0 Å². The molecule has 106 valence electrons. The van der Waals surface area contributed by atoms with E-state index in [0.717, 1.165) is 30.7 Å². The van der Waals surface area contributed by atoms with Crippen molar-refractivity contribution >= 4 is 0 Å². The maximum Gasteiger partial charge on any atom is 0.0721 e. The first-order chi connectivity index (χ1) is 8.78. The minimum absolute atomic E-state index is 0.399. The van der Waals surface area contributed by atoms with E-state index in [1.165, 1.54) is 38.5 Å². The first kappa shape index (κ1) is 14.3. The second kappa shape index (κ2) is 6.91. The Hall–Kier alpha value is -0.0800. The Morgan fingerprint density at radius 1 is 1.22 bits per heavy atom. The largest absolute Gasteiger partial charge is 0.380 e. The first-order valence-electron chi connectivity index (χ1n) is 8.04. The van der Waals surface area contributed by atoms with Crippen molar-refractivity contribution in [2.45, 2.75) is 70.9 Å². The van der Waals surface area contributed by atoms with Crippen molar-refractivity contribution in [1.82, 2.24) is 5.32 Å². The molecule has 0 aromatic heterocycles. The summed E-state index contributed by atoms with van der Waals surface area (Å²) in [5.74, 6) is 3.08. The van der Waals surface area contributed by atoms with Crippen LogP contribution in [0.4, 0.5) is 0 Å². The Labute approximate surface area is 113 Å². The lowest BCUT2D eigenvalue weighted by molar-refractivity contribution is 0.0529. The van der Waals surface area contributed by atoms with Gasteiger partial charge in [0.15, 0.2) is 0 Å². The molecule has 2 saturated carbocycles. The Kier molecular flexibility index (Phi) is 5.50. The van der Waals surface area contributed by atoms with Gasteiger partial charge in [0, 0.05) is 13.2 Å². The number of hydrogen-bond acceptors (Lipinski definition) is 2. The summed E-state index contributed by atoms with van der Waals surface area (Å²) in [7, 11) is 1.87. The number of nitrogens with one attached hydrogen (secondary N) is 1. The van der Waals surface area contributed by atoms with Crippen LogP contribution in [0.2, 0.25) is 0 Å². The summed E-state index contributed by atoms with van der Waals surface area (Å²) in [4.78, 5) is 0. The predicted octanol–water partition coefficient (Wildman–Crippen LogP) is 3.61. The van der Waals surface area contributed by atoms with Crippen LogP contribution in [-0.4, -0.2) is 25.8 Å². The third-order valence-corrected chi connectivity index (χ3v) is 5.25. The molecule has 0 aliphatic heterocycles. The molecule has 5 atom stereocenters. The minimum Gasteiger partial charge on any atom is -0.380 e. The monoisotopic (exact) mass is 253 g/mol. The van der Waals surface area contributed by atoms with Crippen molar-refractivity contribution < 1.29 is 4.74 Å². The normalized spacial score (nSPS) is 33.8. The summed E-state index contributed by atoms with van der Waals surface area (Å²) in [6, 6.07) is 0.573. The third kappa shape index (κ3) is 3.27.